The summed E-state index contributed by atoms with van der Waals surface area (Å²) in [6.07, 6.45) is 7.28. The highest BCUT2D eigenvalue weighted by atomic mass is 16.5. The second kappa shape index (κ2) is 4.38. The molecule has 2 fully saturated rings. The van der Waals surface area contributed by atoms with Crippen LogP contribution in [0.5, 0.6) is 5.75 Å². The average Bonchev–Trinajstić information content (AvgIpc) is 3.53. The number of aliphatic imine (C=N–C) groups is 1. The summed E-state index contributed by atoms with van der Waals surface area (Å²) in [4.78, 5) is 5.00. The van der Waals surface area contributed by atoms with Gasteiger partial charge in [0.25, 0.3) is 0 Å². The molecule has 0 bridgehead atoms. The molecule has 2 saturated carbocycles. The molecule has 1 aliphatic heterocycles. The number of fused-ring (bicyclic) bond motifs is 6. The minimum Gasteiger partial charge on any atom is -0.478 e. The molecular weight excluding hydrogens is 294 g/mol. The van der Waals surface area contributed by atoms with E-state index in [1.54, 1.807) is 0 Å². The van der Waals surface area contributed by atoms with Crippen molar-refractivity contribution in [2.24, 2.45) is 16.8 Å². The molecule has 0 amide bonds. The summed E-state index contributed by atoms with van der Waals surface area (Å²) in [6, 6.07) is 17.2. The van der Waals surface area contributed by atoms with Gasteiger partial charge in [-0.05, 0) is 36.5 Å². The normalized spacial score (nSPS) is 21.7. The number of hydrogen-bond acceptors (Lipinski definition) is 2. The first-order chi connectivity index (χ1) is 11.9. The minimum atomic E-state index is -0.141. The van der Waals surface area contributed by atoms with Gasteiger partial charge in [-0.25, -0.2) is 0 Å². The Hall–Kier alpha value is -2.35. The Balaban J connectivity index is 1.69. The molecule has 0 aromatic heterocycles. The van der Waals surface area contributed by atoms with Crippen LogP contribution in [0.4, 0.5) is 5.69 Å². The molecule has 2 aliphatic carbocycles. The predicted molar refractivity (Wildman–Crippen MR) is 98.4 cm³/mol. The molecule has 2 heteroatoms. The van der Waals surface area contributed by atoms with E-state index in [-0.39, 0.29) is 5.60 Å². The second-order valence-corrected chi connectivity index (χ2v) is 7.53. The lowest BCUT2D eigenvalue weighted by Gasteiger charge is -2.35. The fraction of sp³-hybridized carbons (Fsp3) is 0.318. The quantitative estimate of drug-likeness (QED) is 0.560. The third-order valence-electron chi connectivity index (χ3n) is 5.96. The first-order valence-corrected chi connectivity index (χ1v) is 9.04. The van der Waals surface area contributed by atoms with Crippen molar-refractivity contribution < 1.29 is 4.74 Å². The van der Waals surface area contributed by atoms with E-state index in [1.165, 1.54) is 47.2 Å². The van der Waals surface area contributed by atoms with E-state index in [2.05, 4.69) is 54.7 Å². The SMILES string of the molecule is C1=Nc2c(c3ccccc3c3ccccc23)OC1(C1CC1)C1CC1. The first-order valence-electron chi connectivity index (χ1n) is 9.04. The number of ether oxygens (including phenoxy) is 1. The molecule has 3 aromatic rings. The van der Waals surface area contributed by atoms with Crippen molar-refractivity contribution in [2.75, 3.05) is 0 Å². The van der Waals surface area contributed by atoms with Crippen LogP contribution >= 0.6 is 0 Å². The smallest absolute Gasteiger partial charge is 0.154 e. The summed E-state index contributed by atoms with van der Waals surface area (Å²) in [6.45, 7) is 0. The lowest BCUT2D eigenvalue weighted by molar-refractivity contribution is 0.0974. The minimum absolute atomic E-state index is 0.141. The van der Waals surface area contributed by atoms with Gasteiger partial charge in [0, 0.05) is 28.8 Å². The zero-order valence-corrected chi connectivity index (χ0v) is 13.5. The Kier molecular flexibility index (Phi) is 2.37. The molecule has 24 heavy (non-hydrogen) atoms. The van der Waals surface area contributed by atoms with Crippen LogP contribution in [0, 0.1) is 11.8 Å². The van der Waals surface area contributed by atoms with Gasteiger partial charge in [0.1, 0.15) is 11.3 Å². The van der Waals surface area contributed by atoms with Crippen molar-refractivity contribution in [3.63, 3.8) is 0 Å². The number of rotatable bonds is 2. The molecule has 0 saturated heterocycles. The van der Waals surface area contributed by atoms with Gasteiger partial charge < -0.3 is 4.74 Å². The highest BCUT2D eigenvalue weighted by Gasteiger charge is 2.57. The van der Waals surface area contributed by atoms with Gasteiger partial charge >= 0.3 is 0 Å². The summed E-state index contributed by atoms with van der Waals surface area (Å²) < 4.78 is 6.84. The molecule has 0 unspecified atom stereocenters. The Morgan fingerprint density at radius 1 is 0.750 bits per heavy atom. The number of nitrogens with zero attached hydrogens (tertiary/aromatic N) is 1. The average molecular weight is 313 g/mol. The fourth-order valence-corrected chi connectivity index (χ4v) is 4.47. The van der Waals surface area contributed by atoms with Crippen LogP contribution in [-0.4, -0.2) is 11.8 Å². The van der Waals surface area contributed by atoms with Gasteiger partial charge in [-0.2, -0.15) is 0 Å². The van der Waals surface area contributed by atoms with E-state index in [0.717, 1.165) is 11.4 Å². The molecule has 0 spiro atoms. The Labute approximate surface area is 141 Å². The summed E-state index contributed by atoms with van der Waals surface area (Å²) in [5.74, 6) is 2.32. The van der Waals surface area contributed by atoms with E-state index in [1.807, 2.05) is 0 Å². The molecule has 0 atom stereocenters. The van der Waals surface area contributed by atoms with Crippen molar-refractivity contribution in [3.8, 4) is 5.75 Å². The number of hydrogen-bond donors (Lipinski definition) is 0. The fourth-order valence-electron chi connectivity index (χ4n) is 4.47. The van der Waals surface area contributed by atoms with Crippen LogP contribution in [0.25, 0.3) is 21.5 Å². The molecule has 2 nitrogen and oxygen atoms in total. The van der Waals surface area contributed by atoms with E-state index in [0.29, 0.717) is 11.8 Å². The van der Waals surface area contributed by atoms with Crippen LogP contribution in [0.2, 0.25) is 0 Å². The number of benzene rings is 3. The van der Waals surface area contributed by atoms with Crippen molar-refractivity contribution in [1.82, 2.24) is 0 Å². The van der Waals surface area contributed by atoms with Crippen molar-refractivity contribution in [3.05, 3.63) is 48.5 Å². The maximum absolute atomic E-state index is 6.84. The molecular formula is C22H19NO. The van der Waals surface area contributed by atoms with E-state index >= 15 is 0 Å². The summed E-state index contributed by atoms with van der Waals surface area (Å²) in [5.41, 5.74) is 0.874. The highest BCUT2D eigenvalue weighted by molar-refractivity contribution is 6.17. The molecule has 0 N–H and O–H groups in total. The van der Waals surface area contributed by atoms with E-state index in [4.69, 9.17) is 9.73 Å². The van der Waals surface area contributed by atoms with Crippen LogP contribution in [-0.2, 0) is 0 Å². The Bertz CT molecular complexity index is 999. The van der Waals surface area contributed by atoms with Gasteiger partial charge in [-0.15, -0.1) is 0 Å². The van der Waals surface area contributed by atoms with Gasteiger partial charge in [-0.1, -0.05) is 48.5 Å². The largest absolute Gasteiger partial charge is 0.478 e. The van der Waals surface area contributed by atoms with Crippen LogP contribution < -0.4 is 4.74 Å². The molecule has 3 aromatic carbocycles. The standard InChI is InChI=1S/C22H19NO/c1-3-7-18-16(5-1)17-6-2-4-8-19(17)21-20(18)23-13-22(24-21,14-9-10-14)15-11-12-15/h1-8,13-15H,9-12H2. The monoisotopic (exact) mass is 313 g/mol. The highest BCUT2D eigenvalue weighted by Crippen LogP contribution is 2.57. The van der Waals surface area contributed by atoms with Crippen LogP contribution in [0.1, 0.15) is 25.7 Å². The first kappa shape index (κ1) is 13.0. The molecule has 0 radical (unpaired) electrons. The maximum Gasteiger partial charge on any atom is 0.154 e. The van der Waals surface area contributed by atoms with E-state index < -0.39 is 0 Å². The third kappa shape index (κ3) is 1.64. The summed E-state index contributed by atoms with van der Waals surface area (Å²) in [7, 11) is 0. The second-order valence-electron chi connectivity index (χ2n) is 7.53. The Morgan fingerprint density at radius 3 is 1.92 bits per heavy atom. The molecule has 118 valence electrons. The summed E-state index contributed by atoms with van der Waals surface area (Å²) in [5, 5.41) is 4.93. The topological polar surface area (TPSA) is 21.6 Å². The van der Waals surface area contributed by atoms with Gasteiger partial charge in [0.15, 0.2) is 5.75 Å². The predicted octanol–water partition coefficient (Wildman–Crippen LogP) is 5.65. The van der Waals surface area contributed by atoms with E-state index in [9.17, 15) is 0 Å². The zero-order valence-electron chi connectivity index (χ0n) is 13.5. The van der Waals surface area contributed by atoms with Crippen LogP contribution in [0.15, 0.2) is 53.5 Å². The lowest BCUT2D eigenvalue weighted by atomic mass is 9.90. The van der Waals surface area contributed by atoms with Crippen molar-refractivity contribution >= 4 is 33.4 Å². The molecule has 3 aliphatic rings. The van der Waals surface area contributed by atoms with Gasteiger partial charge in [0.2, 0.25) is 0 Å². The van der Waals surface area contributed by atoms with Crippen molar-refractivity contribution in [2.45, 2.75) is 31.3 Å². The zero-order chi connectivity index (χ0) is 15.7. The molecule has 1 heterocycles. The maximum atomic E-state index is 6.84. The molecule has 6 rings (SSSR count). The van der Waals surface area contributed by atoms with Gasteiger partial charge in [-0.3, -0.25) is 4.99 Å². The Morgan fingerprint density at radius 2 is 1.29 bits per heavy atom. The van der Waals surface area contributed by atoms with Crippen molar-refractivity contribution in [1.29, 1.82) is 0 Å². The third-order valence-corrected chi connectivity index (χ3v) is 5.96. The summed E-state index contributed by atoms with van der Waals surface area (Å²) >= 11 is 0. The van der Waals surface area contributed by atoms with Crippen LogP contribution in [0.3, 0.4) is 0 Å². The van der Waals surface area contributed by atoms with Gasteiger partial charge in [0.05, 0.1) is 0 Å². The lowest BCUT2D eigenvalue weighted by Crippen LogP contribution is -2.44.